The van der Waals surface area contributed by atoms with Gasteiger partial charge in [0.15, 0.2) is 0 Å². The van der Waals surface area contributed by atoms with Crippen LogP contribution in [0.4, 0.5) is 0 Å². The largest absolute Gasteiger partial charge is 0.487 e. The molecule has 0 N–H and O–H groups in total. The Balaban J connectivity index is 1.86. The van der Waals surface area contributed by atoms with E-state index in [-0.39, 0.29) is 11.0 Å². The maximum absolute atomic E-state index is 6.75. The Bertz CT molecular complexity index is 564. The second kappa shape index (κ2) is 5.93. The summed E-state index contributed by atoms with van der Waals surface area (Å²) in [6, 6.07) is 8.88. The van der Waals surface area contributed by atoms with Gasteiger partial charge in [-0.25, -0.2) is 0 Å². The van der Waals surface area contributed by atoms with Crippen molar-refractivity contribution >= 4 is 22.6 Å². The van der Waals surface area contributed by atoms with Gasteiger partial charge in [0.1, 0.15) is 11.4 Å². The minimum Gasteiger partial charge on any atom is -0.487 e. The Hall–Kier alpha value is -0.250. The maximum atomic E-state index is 6.75. The average molecular weight is 426 g/mol. The molecule has 2 fully saturated rings. The standard InChI is InChI=1S/C21H31IO/c1-6-18(22)15-8-10-17(11-9-15)23-21(7-2)14-16-12-13-20(21,5)19(16,3)4/h8-11,16,18H,6-7,12-14H2,1-5H3. The minimum absolute atomic E-state index is 0.00934. The molecular weight excluding hydrogens is 395 g/mol. The fourth-order valence-electron chi connectivity index (χ4n) is 5.36. The van der Waals surface area contributed by atoms with Gasteiger partial charge in [0, 0.05) is 9.34 Å². The van der Waals surface area contributed by atoms with E-state index in [0.29, 0.717) is 9.34 Å². The molecule has 1 nitrogen and oxygen atoms in total. The van der Waals surface area contributed by atoms with E-state index in [4.69, 9.17) is 4.74 Å². The van der Waals surface area contributed by atoms with Crippen molar-refractivity contribution in [2.75, 3.05) is 0 Å². The van der Waals surface area contributed by atoms with Crippen LogP contribution in [0.15, 0.2) is 24.3 Å². The molecule has 128 valence electrons. The van der Waals surface area contributed by atoms with Gasteiger partial charge in [0.05, 0.1) is 0 Å². The molecule has 1 aromatic rings. The fourth-order valence-corrected chi connectivity index (χ4v) is 5.77. The molecule has 0 saturated heterocycles. The third kappa shape index (κ3) is 2.46. The lowest BCUT2D eigenvalue weighted by Gasteiger charge is -2.48. The molecule has 2 aliphatic rings. The van der Waals surface area contributed by atoms with Crippen LogP contribution in [0.2, 0.25) is 0 Å². The molecule has 0 aromatic heterocycles. The zero-order valence-electron chi connectivity index (χ0n) is 15.3. The Labute approximate surface area is 155 Å². The number of hydrogen-bond donors (Lipinski definition) is 0. The summed E-state index contributed by atoms with van der Waals surface area (Å²) in [6.45, 7) is 12.0. The highest BCUT2D eigenvalue weighted by Crippen LogP contribution is 2.71. The Morgan fingerprint density at radius 1 is 1.17 bits per heavy atom. The van der Waals surface area contributed by atoms with E-state index in [1.54, 1.807) is 0 Å². The van der Waals surface area contributed by atoms with Gasteiger partial charge in [0.25, 0.3) is 0 Å². The summed E-state index contributed by atoms with van der Waals surface area (Å²) in [5, 5.41) is 0. The van der Waals surface area contributed by atoms with Crippen LogP contribution in [-0.2, 0) is 0 Å². The third-order valence-electron chi connectivity index (χ3n) is 7.50. The highest BCUT2D eigenvalue weighted by molar-refractivity contribution is 14.1. The van der Waals surface area contributed by atoms with E-state index in [1.165, 1.54) is 31.2 Å². The first-order valence-electron chi connectivity index (χ1n) is 9.22. The lowest BCUT2D eigenvalue weighted by Crippen LogP contribution is -2.51. The zero-order valence-corrected chi connectivity index (χ0v) is 17.4. The SMILES string of the molecule is CCC(I)c1ccc(OC2(CC)CC3CCC2(C)C3(C)C)cc1. The molecule has 2 bridgehead atoms. The summed E-state index contributed by atoms with van der Waals surface area (Å²) in [7, 11) is 0. The van der Waals surface area contributed by atoms with Crippen molar-refractivity contribution in [2.24, 2.45) is 16.7 Å². The van der Waals surface area contributed by atoms with Gasteiger partial charge < -0.3 is 4.74 Å². The van der Waals surface area contributed by atoms with Crippen molar-refractivity contribution in [3.05, 3.63) is 29.8 Å². The second-order valence-electron chi connectivity index (χ2n) is 8.39. The Kier molecular flexibility index (Phi) is 4.53. The zero-order chi connectivity index (χ0) is 16.9. The number of halogens is 1. The van der Waals surface area contributed by atoms with E-state index in [0.717, 1.165) is 18.1 Å². The number of fused-ring (bicyclic) bond motifs is 2. The van der Waals surface area contributed by atoms with Crippen LogP contribution in [0, 0.1) is 16.7 Å². The summed E-state index contributed by atoms with van der Waals surface area (Å²) in [6.07, 6.45) is 6.18. The normalized spacial score (nSPS) is 36.2. The lowest BCUT2D eigenvalue weighted by molar-refractivity contribution is -0.0707. The second-order valence-corrected chi connectivity index (χ2v) is 9.89. The molecule has 0 amide bonds. The molecule has 0 spiro atoms. The molecule has 4 unspecified atom stereocenters. The highest BCUT2D eigenvalue weighted by Gasteiger charge is 2.69. The summed E-state index contributed by atoms with van der Waals surface area (Å²) in [5.41, 5.74) is 2.09. The van der Waals surface area contributed by atoms with Crippen LogP contribution in [-0.4, -0.2) is 5.60 Å². The summed E-state index contributed by atoms with van der Waals surface area (Å²) in [5.74, 6) is 1.87. The average Bonchev–Trinajstić information content (AvgIpc) is 2.87. The maximum Gasteiger partial charge on any atom is 0.120 e. The molecule has 2 heteroatoms. The number of ether oxygens (including phenoxy) is 1. The van der Waals surface area contributed by atoms with Crippen LogP contribution in [0.3, 0.4) is 0 Å². The van der Waals surface area contributed by atoms with Crippen molar-refractivity contribution in [1.29, 1.82) is 0 Å². The first kappa shape index (κ1) is 17.6. The molecular formula is C21H31IO. The van der Waals surface area contributed by atoms with E-state index in [1.807, 2.05) is 0 Å². The summed E-state index contributed by atoms with van der Waals surface area (Å²) >= 11 is 2.52. The first-order chi connectivity index (χ1) is 10.8. The smallest absolute Gasteiger partial charge is 0.120 e. The molecule has 0 heterocycles. The van der Waals surface area contributed by atoms with Crippen molar-refractivity contribution in [3.63, 3.8) is 0 Å². The first-order valence-corrected chi connectivity index (χ1v) is 10.5. The lowest BCUT2D eigenvalue weighted by atomic mass is 9.63. The molecule has 4 atom stereocenters. The van der Waals surface area contributed by atoms with Crippen molar-refractivity contribution < 1.29 is 4.74 Å². The Morgan fingerprint density at radius 3 is 2.26 bits per heavy atom. The fraction of sp³-hybridized carbons (Fsp3) is 0.714. The van der Waals surface area contributed by atoms with Gasteiger partial charge in [-0.1, -0.05) is 69.3 Å². The van der Waals surface area contributed by atoms with Crippen molar-refractivity contribution in [2.45, 2.75) is 76.2 Å². The molecule has 0 radical (unpaired) electrons. The molecule has 2 aliphatic carbocycles. The predicted octanol–water partition coefficient (Wildman–Crippen LogP) is 6.95. The van der Waals surface area contributed by atoms with E-state index in [2.05, 4.69) is 81.5 Å². The van der Waals surface area contributed by atoms with Crippen LogP contribution >= 0.6 is 22.6 Å². The van der Waals surface area contributed by atoms with Gasteiger partial charge >= 0.3 is 0 Å². The molecule has 23 heavy (non-hydrogen) atoms. The molecule has 0 aliphatic heterocycles. The number of alkyl halides is 1. The van der Waals surface area contributed by atoms with Gasteiger partial charge in [-0.3, -0.25) is 0 Å². The number of hydrogen-bond acceptors (Lipinski definition) is 1. The van der Waals surface area contributed by atoms with Crippen LogP contribution in [0.5, 0.6) is 5.75 Å². The summed E-state index contributed by atoms with van der Waals surface area (Å²) in [4.78, 5) is 0. The molecule has 1 aromatic carbocycles. The van der Waals surface area contributed by atoms with Crippen LogP contribution in [0.1, 0.15) is 76.2 Å². The van der Waals surface area contributed by atoms with Gasteiger partial charge in [-0.2, -0.15) is 0 Å². The predicted molar refractivity (Wildman–Crippen MR) is 106 cm³/mol. The molecule has 2 saturated carbocycles. The third-order valence-corrected chi connectivity index (χ3v) is 9.10. The summed E-state index contributed by atoms with van der Waals surface area (Å²) < 4.78 is 7.35. The van der Waals surface area contributed by atoms with Gasteiger partial charge in [0.2, 0.25) is 0 Å². The van der Waals surface area contributed by atoms with Crippen molar-refractivity contribution in [1.82, 2.24) is 0 Å². The highest BCUT2D eigenvalue weighted by atomic mass is 127. The monoisotopic (exact) mass is 426 g/mol. The Morgan fingerprint density at radius 2 is 1.83 bits per heavy atom. The number of rotatable bonds is 5. The van der Waals surface area contributed by atoms with Crippen molar-refractivity contribution in [3.8, 4) is 5.75 Å². The quantitative estimate of drug-likeness (QED) is 0.366. The van der Waals surface area contributed by atoms with E-state index in [9.17, 15) is 0 Å². The van der Waals surface area contributed by atoms with Crippen LogP contribution < -0.4 is 4.74 Å². The minimum atomic E-state index is 0.00934. The topological polar surface area (TPSA) is 9.23 Å². The van der Waals surface area contributed by atoms with Gasteiger partial charge in [-0.05, 0) is 61.1 Å². The van der Waals surface area contributed by atoms with Gasteiger partial charge in [-0.15, -0.1) is 0 Å². The number of benzene rings is 1. The van der Waals surface area contributed by atoms with Crippen LogP contribution in [0.25, 0.3) is 0 Å². The molecule has 3 rings (SSSR count). The van der Waals surface area contributed by atoms with E-state index < -0.39 is 0 Å². The van der Waals surface area contributed by atoms with E-state index >= 15 is 0 Å².